The Hall–Kier alpha value is -1.34. The van der Waals surface area contributed by atoms with Crippen LogP contribution >= 0.6 is 15.9 Å². The Balaban J connectivity index is 1.89. The van der Waals surface area contributed by atoms with Crippen LogP contribution in [0.4, 0.5) is 0 Å². The molecule has 0 saturated heterocycles. The molecule has 1 aliphatic rings. The number of nitrogens with one attached hydrogen (secondary N) is 1. The highest BCUT2D eigenvalue weighted by atomic mass is 79.9. The SMILES string of the molecule is Cc1ccc(Br)cc1CCNC(=O)C1(C#N)CCC1. The lowest BCUT2D eigenvalue weighted by Crippen LogP contribution is -2.45. The fourth-order valence-electron chi connectivity index (χ4n) is 2.31. The van der Waals surface area contributed by atoms with Crippen LogP contribution in [0.5, 0.6) is 0 Å². The van der Waals surface area contributed by atoms with Gasteiger partial charge in [-0.25, -0.2) is 0 Å². The Bertz CT molecular complexity index is 529. The van der Waals surface area contributed by atoms with Gasteiger partial charge in [-0.2, -0.15) is 5.26 Å². The van der Waals surface area contributed by atoms with E-state index >= 15 is 0 Å². The van der Waals surface area contributed by atoms with E-state index in [4.69, 9.17) is 5.26 Å². The third-order valence-corrected chi connectivity index (χ3v) is 4.34. The van der Waals surface area contributed by atoms with Crippen molar-refractivity contribution in [1.82, 2.24) is 5.32 Å². The maximum Gasteiger partial charge on any atom is 0.240 e. The minimum absolute atomic E-state index is 0.103. The Morgan fingerprint density at radius 2 is 2.26 bits per heavy atom. The summed E-state index contributed by atoms with van der Waals surface area (Å²) in [6.07, 6.45) is 3.17. The van der Waals surface area contributed by atoms with E-state index < -0.39 is 5.41 Å². The van der Waals surface area contributed by atoms with Crippen molar-refractivity contribution in [3.8, 4) is 6.07 Å². The number of aryl methyl sites for hydroxylation is 1. The Morgan fingerprint density at radius 3 is 2.84 bits per heavy atom. The standard InChI is InChI=1S/C15H17BrN2O/c1-11-3-4-13(16)9-12(11)5-8-18-14(19)15(10-17)6-2-7-15/h3-4,9H,2,5-8H2,1H3,(H,18,19). The summed E-state index contributed by atoms with van der Waals surface area (Å²) in [5.74, 6) is -0.103. The van der Waals surface area contributed by atoms with E-state index in [1.165, 1.54) is 11.1 Å². The van der Waals surface area contributed by atoms with Gasteiger partial charge in [0.15, 0.2) is 0 Å². The second-order valence-corrected chi connectivity index (χ2v) is 6.04. The molecule has 0 bridgehead atoms. The summed E-state index contributed by atoms with van der Waals surface area (Å²) >= 11 is 3.45. The molecule has 1 amide bonds. The molecular formula is C15H17BrN2O. The van der Waals surface area contributed by atoms with Crippen LogP contribution < -0.4 is 5.32 Å². The number of hydrogen-bond acceptors (Lipinski definition) is 2. The molecular weight excluding hydrogens is 304 g/mol. The third-order valence-electron chi connectivity index (χ3n) is 3.85. The summed E-state index contributed by atoms with van der Waals surface area (Å²) in [6.45, 7) is 2.64. The number of hydrogen-bond donors (Lipinski definition) is 1. The van der Waals surface area contributed by atoms with Crippen LogP contribution in [-0.4, -0.2) is 12.5 Å². The molecule has 0 unspecified atom stereocenters. The van der Waals surface area contributed by atoms with E-state index in [9.17, 15) is 4.79 Å². The number of benzene rings is 1. The highest BCUT2D eigenvalue weighted by Crippen LogP contribution is 2.40. The van der Waals surface area contributed by atoms with Crippen LogP contribution in [0.2, 0.25) is 0 Å². The number of halogens is 1. The van der Waals surface area contributed by atoms with E-state index in [0.717, 1.165) is 17.3 Å². The number of carbonyl (C=O) groups is 1. The van der Waals surface area contributed by atoms with E-state index in [1.54, 1.807) is 0 Å². The van der Waals surface area contributed by atoms with Gasteiger partial charge in [0.25, 0.3) is 0 Å². The van der Waals surface area contributed by atoms with Crippen molar-refractivity contribution in [2.24, 2.45) is 5.41 Å². The van der Waals surface area contributed by atoms with E-state index in [-0.39, 0.29) is 5.91 Å². The van der Waals surface area contributed by atoms with E-state index in [1.807, 2.05) is 6.07 Å². The predicted octanol–water partition coefficient (Wildman–Crippen LogP) is 3.11. The molecule has 100 valence electrons. The van der Waals surface area contributed by atoms with Crippen molar-refractivity contribution in [2.75, 3.05) is 6.54 Å². The number of nitriles is 1. The largest absolute Gasteiger partial charge is 0.354 e. The zero-order chi connectivity index (χ0) is 13.9. The maximum atomic E-state index is 12.0. The van der Waals surface area contributed by atoms with Crippen molar-refractivity contribution in [3.63, 3.8) is 0 Å². The molecule has 1 aromatic carbocycles. The van der Waals surface area contributed by atoms with Crippen molar-refractivity contribution in [1.29, 1.82) is 5.26 Å². The van der Waals surface area contributed by atoms with Crippen molar-refractivity contribution >= 4 is 21.8 Å². The molecule has 0 atom stereocenters. The molecule has 0 aliphatic heterocycles. The first-order chi connectivity index (χ1) is 9.07. The maximum absolute atomic E-state index is 12.0. The molecule has 1 saturated carbocycles. The molecule has 1 N–H and O–H groups in total. The zero-order valence-electron chi connectivity index (χ0n) is 11.0. The Morgan fingerprint density at radius 1 is 1.53 bits per heavy atom. The second kappa shape index (κ2) is 5.75. The molecule has 2 rings (SSSR count). The number of nitrogens with zero attached hydrogens (tertiary/aromatic N) is 1. The lowest BCUT2D eigenvalue weighted by molar-refractivity contribution is -0.131. The van der Waals surface area contributed by atoms with Crippen LogP contribution in [0.1, 0.15) is 30.4 Å². The first-order valence-electron chi connectivity index (χ1n) is 6.52. The van der Waals surface area contributed by atoms with Gasteiger partial charge in [0.05, 0.1) is 6.07 Å². The lowest BCUT2D eigenvalue weighted by Gasteiger charge is -2.33. The Labute approximate surface area is 122 Å². The van der Waals surface area contributed by atoms with Gasteiger partial charge < -0.3 is 5.32 Å². The highest BCUT2D eigenvalue weighted by molar-refractivity contribution is 9.10. The number of rotatable bonds is 4. The molecule has 1 aromatic rings. The highest BCUT2D eigenvalue weighted by Gasteiger charge is 2.44. The fraction of sp³-hybridized carbons (Fsp3) is 0.467. The summed E-state index contributed by atoms with van der Waals surface area (Å²) in [5.41, 5.74) is 1.69. The molecule has 4 heteroatoms. The molecule has 1 fully saturated rings. The van der Waals surface area contributed by atoms with E-state index in [2.05, 4.69) is 46.4 Å². The summed E-state index contributed by atoms with van der Waals surface area (Å²) in [7, 11) is 0. The van der Waals surface area contributed by atoms with Crippen molar-refractivity contribution in [2.45, 2.75) is 32.6 Å². The number of amides is 1. The predicted molar refractivity (Wildman–Crippen MR) is 77.5 cm³/mol. The first kappa shape index (κ1) is 14.1. The van der Waals surface area contributed by atoms with Gasteiger partial charge in [0.2, 0.25) is 5.91 Å². The van der Waals surface area contributed by atoms with Gasteiger partial charge in [0, 0.05) is 11.0 Å². The van der Waals surface area contributed by atoms with Crippen LogP contribution in [-0.2, 0) is 11.2 Å². The normalized spacial score (nSPS) is 16.3. The van der Waals surface area contributed by atoms with Crippen LogP contribution in [0, 0.1) is 23.7 Å². The molecule has 19 heavy (non-hydrogen) atoms. The van der Waals surface area contributed by atoms with Gasteiger partial charge in [-0.3, -0.25) is 4.79 Å². The summed E-state index contributed by atoms with van der Waals surface area (Å²) < 4.78 is 1.05. The lowest BCUT2D eigenvalue weighted by atomic mass is 9.69. The average molecular weight is 321 g/mol. The molecule has 0 spiro atoms. The Kier molecular flexibility index (Phi) is 4.26. The van der Waals surface area contributed by atoms with Gasteiger partial charge >= 0.3 is 0 Å². The van der Waals surface area contributed by atoms with Crippen molar-refractivity contribution in [3.05, 3.63) is 33.8 Å². The molecule has 1 aliphatic carbocycles. The topological polar surface area (TPSA) is 52.9 Å². The first-order valence-corrected chi connectivity index (χ1v) is 7.31. The van der Waals surface area contributed by atoms with Crippen LogP contribution in [0.3, 0.4) is 0 Å². The number of carbonyl (C=O) groups excluding carboxylic acids is 1. The smallest absolute Gasteiger partial charge is 0.240 e. The average Bonchev–Trinajstić information content (AvgIpc) is 2.33. The summed E-state index contributed by atoms with van der Waals surface area (Å²) in [4.78, 5) is 12.0. The quantitative estimate of drug-likeness (QED) is 0.926. The fourth-order valence-corrected chi connectivity index (χ4v) is 2.72. The van der Waals surface area contributed by atoms with E-state index in [0.29, 0.717) is 19.4 Å². The summed E-state index contributed by atoms with van der Waals surface area (Å²) in [6, 6.07) is 8.31. The second-order valence-electron chi connectivity index (χ2n) is 5.12. The van der Waals surface area contributed by atoms with Gasteiger partial charge in [-0.1, -0.05) is 22.0 Å². The zero-order valence-corrected chi connectivity index (χ0v) is 12.6. The third kappa shape index (κ3) is 2.98. The molecule has 0 heterocycles. The minimum Gasteiger partial charge on any atom is -0.354 e. The minimum atomic E-state index is -0.744. The van der Waals surface area contributed by atoms with Crippen molar-refractivity contribution < 1.29 is 4.79 Å². The van der Waals surface area contributed by atoms with Gasteiger partial charge in [-0.15, -0.1) is 0 Å². The molecule has 3 nitrogen and oxygen atoms in total. The van der Waals surface area contributed by atoms with Crippen LogP contribution in [0.25, 0.3) is 0 Å². The van der Waals surface area contributed by atoms with Gasteiger partial charge in [0.1, 0.15) is 5.41 Å². The summed E-state index contributed by atoms with van der Waals surface area (Å²) in [5, 5.41) is 12.0. The van der Waals surface area contributed by atoms with Gasteiger partial charge in [-0.05, 0) is 55.9 Å². The molecule has 0 radical (unpaired) electrons. The van der Waals surface area contributed by atoms with Crippen LogP contribution in [0.15, 0.2) is 22.7 Å². The monoisotopic (exact) mass is 320 g/mol. The molecule has 0 aromatic heterocycles.